The van der Waals surface area contributed by atoms with E-state index in [0.717, 1.165) is 12.5 Å². The Balaban J connectivity index is 1.80. The first-order valence-corrected chi connectivity index (χ1v) is 8.28. The Morgan fingerprint density at radius 2 is 2.10 bits per heavy atom. The highest BCUT2D eigenvalue weighted by atomic mass is 16.3. The number of aliphatic hydroxyl groups excluding tert-OH is 1. The van der Waals surface area contributed by atoms with Gasteiger partial charge < -0.3 is 5.11 Å². The third-order valence-electron chi connectivity index (χ3n) is 6.25. The van der Waals surface area contributed by atoms with E-state index in [1.54, 1.807) is 11.1 Å². The van der Waals surface area contributed by atoms with Crippen molar-refractivity contribution in [3.05, 3.63) is 35.4 Å². The highest BCUT2D eigenvalue weighted by molar-refractivity contribution is 5.41. The molecule has 1 saturated carbocycles. The van der Waals surface area contributed by atoms with Crippen LogP contribution in [0.5, 0.6) is 0 Å². The normalized spacial score (nSPS) is 36.2. The lowest BCUT2D eigenvalue weighted by atomic mass is 9.52. The Labute approximate surface area is 121 Å². The van der Waals surface area contributed by atoms with Gasteiger partial charge in [-0.2, -0.15) is 0 Å². The van der Waals surface area contributed by atoms with E-state index in [9.17, 15) is 5.11 Å². The molecule has 0 aromatic heterocycles. The van der Waals surface area contributed by atoms with Gasteiger partial charge in [-0.25, -0.2) is 0 Å². The molecule has 1 aromatic rings. The second-order valence-corrected chi connectivity index (χ2v) is 6.95. The Morgan fingerprint density at radius 3 is 3.00 bits per heavy atom. The van der Waals surface area contributed by atoms with Gasteiger partial charge in [-0.1, -0.05) is 37.1 Å². The average Bonchev–Trinajstić information content (AvgIpc) is 2.50. The van der Waals surface area contributed by atoms with E-state index in [4.69, 9.17) is 0 Å². The van der Waals surface area contributed by atoms with Gasteiger partial charge in [0.05, 0.1) is 6.61 Å². The number of piperidine rings is 1. The number of β-amino-alcohol motifs (C(OH)–C–C–N with tert-alkyl or cyclic N) is 1. The van der Waals surface area contributed by atoms with Gasteiger partial charge in [0.1, 0.15) is 0 Å². The van der Waals surface area contributed by atoms with Crippen molar-refractivity contribution < 1.29 is 5.11 Å². The molecule has 108 valence electrons. The van der Waals surface area contributed by atoms with Gasteiger partial charge in [0, 0.05) is 18.0 Å². The smallest absolute Gasteiger partial charge is 0.0558 e. The summed E-state index contributed by atoms with van der Waals surface area (Å²) in [4.78, 5) is 2.57. The maximum absolute atomic E-state index is 9.36. The van der Waals surface area contributed by atoms with Crippen molar-refractivity contribution in [1.82, 2.24) is 4.90 Å². The van der Waals surface area contributed by atoms with Gasteiger partial charge in [-0.15, -0.1) is 0 Å². The van der Waals surface area contributed by atoms with Crippen LogP contribution in [0, 0.1) is 5.92 Å². The first-order valence-electron chi connectivity index (χ1n) is 8.28. The number of benzene rings is 1. The number of hydrogen-bond acceptors (Lipinski definition) is 2. The first kappa shape index (κ1) is 12.8. The zero-order valence-electron chi connectivity index (χ0n) is 12.2. The molecule has 1 saturated heterocycles. The molecule has 4 rings (SSSR count). The molecule has 3 aliphatic rings. The Kier molecular flexibility index (Phi) is 3.12. The Hall–Kier alpha value is -0.860. The topological polar surface area (TPSA) is 23.5 Å². The summed E-state index contributed by atoms with van der Waals surface area (Å²) >= 11 is 0. The fraction of sp³-hybridized carbons (Fsp3) is 0.667. The number of rotatable bonds is 2. The van der Waals surface area contributed by atoms with Crippen LogP contribution in [0.25, 0.3) is 0 Å². The summed E-state index contributed by atoms with van der Waals surface area (Å²) in [7, 11) is 0. The molecule has 0 radical (unpaired) electrons. The lowest BCUT2D eigenvalue weighted by Gasteiger charge is -2.59. The number of aliphatic hydroxyl groups is 1. The number of fused-ring (bicyclic) bond motifs is 1. The summed E-state index contributed by atoms with van der Waals surface area (Å²) < 4.78 is 0. The van der Waals surface area contributed by atoms with Crippen LogP contribution < -0.4 is 0 Å². The second-order valence-electron chi connectivity index (χ2n) is 6.95. The standard InChI is InChI=1S/C18H25NO/c20-12-11-19-10-9-18-8-4-3-7-16(18)17(19)13-14-5-1-2-6-15(14)18/h1-2,5-6,16-17,20H,3-4,7-13H2/t16-,17+,18-/m0/s1. The van der Waals surface area contributed by atoms with E-state index in [0.29, 0.717) is 18.1 Å². The summed E-state index contributed by atoms with van der Waals surface area (Å²) in [6, 6.07) is 9.86. The molecule has 2 bridgehead atoms. The summed E-state index contributed by atoms with van der Waals surface area (Å²) in [5.41, 5.74) is 3.71. The molecule has 0 amide bonds. The van der Waals surface area contributed by atoms with Crippen LogP contribution in [-0.2, 0) is 11.8 Å². The van der Waals surface area contributed by atoms with Gasteiger partial charge in [-0.05, 0) is 49.3 Å². The van der Waals surface area contributed by atoms with Crippen molar-refractivity contribution in [2.75, 3.05) is 19.7 Å². The molecule has 1 aliphatic heterocycles. The molecular weight excluding hydrogens is 246 g/mol. The highest BCUT2D eigenvalue weighted by Crippen LogP contribution is 2.55. The largest absolute Gasteiger partial charge is 0.395 e. The molecule has 1 N–H and O–H groups in total. The molecule has 2 heteroatoms. The monoisotopic (exact) mass is 271 g/mol. The SMILES string of the molecule is OCCN1CC[C@]23CCCC[C@H]2[C@H]1Cc1ccccc13. The Bertz CT molecular complexity index is 500. The third-order valence-corrected chi connectivity index (χ3v) is 6.25. The van der Waals surface area contributed by atoms with E-state index < -0.39 is 0 Å². The molecule has 1 aromatic carbocycles. The minimum atomic E-state index is 0.303. The lowest BCUT2D eigenvalue weighted by molar-refractivity contribution is -0.0175. The predicted molar refractivity (Wildman–Crippen MR) is 80.8 cm³/mol. The van der Waals surface area contributed by atoms with E-state index in [-0.39, 0.29) is 0 Å². The van der Waals surface area contributed by atoms with Gasteiger partial charge in [0.25, 0.3) is 0 Å². The number of likely N-dealkylation sites (tertiary alicyclic amines) is 1. The van der Waals surface area contributed by atoms with Crippen LogP contribution in [0.3, 0.4) is 0 Å². The summed E-state index contributed by atoms with van der Waals surface area (Å²) in [5, 5.41) is 9.36. The van der Waals surface area contributed by atoms with Crippen LogP contribution in [0.15, 0.2) is 24.3 Å². The van der Waals surface area contributed by atoms with Gasteiger partial charge in [0.2, 0.25) is 0 Å². The molecule has 2 fully saturated rings. The van der Waals surface area contributed by atoms with Crippen molar-refractivity contribution in [2.45, 2.75) is 50.0 Å². The summed E-state index contributed by atoms with van der Waals surface area (Å²) in [5.74, 6) is 0.825. The summed E-state index contributed by atoms with van der Waals surface area (Å²) in [6.45, 7) is 2.34. The van der Waals surface area contributed by atoms with Gasteiger partial charge in [-0.3, -0.25) is 4.90 Å². The van der Waals surface area contributed by atoms with Crippen LogP contribution in [0.2, 0.25) is 0 Å². The first-order chi connectivity index (χ1) is 9.85. The van der Waals surface area contributed by atoms with E-state index in [2.05, 4.69) is 29.2 Å². The van der Waals surface area contributed by atoms with E-state index >= 15 is 0 Å². The second kappa shape index (κ2) is 4.85. The van der Waals surface area contributed by atoms with Crippen molar-refractivity contribution >= 4 is 0 Å². The fourth-order valence-electron chi connectivity index (χ4n) is 5.46. The molecule has 3 atom stereocenters. The molecule has 2 nitrogen and oxygen atoms in total. The predicted octanol–water partition coefficient (Wildman–Crippen LogP) is 2.74. The minimum absolute atomic E-state index is 0.303. The quantitative estimate of drug-likeness (QED) is 0.894. The number of hydrogen-bond donors (Lipinski definition) is 1. The zero-order valence-corrected chi connectivity index (χ0v) is 12.2. The van der Waals surface area contributed by atoms with Crippen molar-refractivity contribution in [2.24, 2.45) is 5.92 Å². The van der Waals surface area contributed by atoms with Gasteiger partial charge in [0.15, 0.2) is 0 Å². The van der Waals surface area contributed by atoms with E-state index in [1.807, 2.05) is 0 Å². The highest BCUT2D eigenvalue weighted by Gasteiger charge is 2.53. The van der Waals surface area contributed by atoms with Crippen LogP contribution in [0.1, 0.15) is 43.2 Å². The van der Waals surface area contributed by atoms with Crippen LogP contribution in [-0.4, -0.2) is 35.7 Å². The Morgan fingerprint density at radius 1 is 1.20 bits per heavy atom. The fourth-order valence-corrected chi connectivity index (χ4v) is 5.46. The van der Waals surface area contributed by atoms with E-state index in [1.165, 1.54) is 45.1 Å². The maximum atomic E-state index is 9.36. The van der Waals surface area contributed by atoms with Crippen LogP contribution >= 0.6 is 0 Å². The molecule has 0 spiro atoms. The molecular formula is C18H25NO. The molecule has 20 heavy (non-hydrogen) atoms. The molecule has 0 unspecified atom stereocenters. The van der Waals surface area contributed by atoms with Crippen molar-refractivity contribution in [1.29, 1.82) is 0 Å². The van der Waals surface area contributed by atoms with Crippen LogP contribution in [0.4, 0.5) is 0 Å². The zero-order chi connectivity index (χ0) is 13.6. The molecule has 1 heterocycles. The maximum Gasteiger partial charge on any atom is 0.0558 e. The van der Waals surface area contributed by atoms with Crippen molar-refractivity contribution in [3.8, 4) is 0 Å². The average molecular weight is 271 g/mol. The minimum Gasteiger partial charge on any atom is -0.395 e. The summed E-state index contributed by atoms with van der Waals surface area (Å²) in [6.07, 6.45) is 8.07. The van der Waals surface area contributed by atoms with Crippen molar-refractivity contribution in [3.63, 3.8) is 0 Å². The molecule has 2 aliphatic carbocycles. The van der Waals surface area contributed by atoms with Gasteiger partial charge >= 0.3 is 0 Å². The number of nitrogens with zero attached hydrogens (tertiary/aromatic N) is 1. The lowest BCUT2D eigenvalue weighted by Crippen LogP contribution is -2.61. The third kappa shape index (κ3) is 1.71.